The number of alkyl halides is 1. The van der Waals surface area contributed by atoms with Crippen LogP contribution in [0.4, 0.5) is 0 Å². The quantitative estimate of drug-likeness (QED) is 0.543. The summed E-state index contributed by atoms with van der Waals surface area (Å²) in [5, 5.41) is 0. The Morgan fingerprint density at radius 3 is 2.23 bits per heavy atom. The fourth-order valence-corrected chi connectivity index (χ4v) is 0.732. The molecule has 1 amide bonds. The molecule has 2 N–H and O–H groups in total. The molecular formula is C9H19ClN2O. The zero-order valence-electron chi connectivity index (χ0n) is 8.64. The lowest BCUT2D eigenvalue weighted by Crippen LogP contribution is -2.16. The predicted molar refractivity (Wildman–Crippen MR) is 57.9 cm³/mol. The molecular weight excluding hydrogens is 188 g/mol. The van der Waals surface area contributed by atoms with Gasteiger partial charge in [-0.1, -0.05) is 6.58 Å². The van der Waals surface area contributed by atoms with Crippen LogP contribution in [0.5, 0.6) is 0 Å². The van der Waals surface area contributed by atoms with Gasteiger partial charge >= 0.3 is 0 Å². The third kappa shape index (κ3) is 11.5. The first-order valence-electron chi connectivity index (χ1n) is 4.04. The summed E-state index contributed by atoms with van der Waals surface area (Å²) in [5.41, 5.74) is 5.52. The molecule has 0 aromatic rings. The molecule has 0 rings (SSSR count). The first kappa shape index (κ1) is 15.0. The Kier molecular flexibility index (Phi) is 11.0. The fraction of sp³-hybridized carbons (Fsp3) is 0.667. The summed E-state index contributed by atoms with van der Waals surface area (Å²) in [6.07, 6.45) is 3.11. The van der Waals surface area contributed by atoms with E-state index < -0.39 is 0 Å². The van der Waals surface area contributed by atoms with Crippen molar-refractivity contribution in [1.29, 1.82) is 0 Å². The average Bonchev–Trinajstić information content (AvgIpc) is 2.07. The summed E-state index contributed by atoms with van der Waals surface area (Å²) in [6, 6.07) is 0. The van der Waals surface area contributed by atoms with Gasteiger partial charge in [-0.25, -0.2) is 0 Å². The number of hydrogen-bond acceptors (Lipinski definition) is 2. The minimum absolute atomic E-state index is 0.385. The maximum absolute atomic E-state index is 10.5. The van der Waals surface area contributed by atoms with Crippen molar-refractivity contribution in [2.45, 2.75) is 12.8 Å². The molecule has 13 heavy (non-hydrogen) atoms. The molecule has 0 aromatic heterocycles. The zero-order valence-corrected chi connectivity index (χ0v) is 9.40. The van der Waals surface area contributed by atoms with E-state index in [4.69, 9.17) is 5.73 Å². The number of amides is 1. The summed E-state index contributed by atoms with van der Waals surface area (Å²) >= 11 is 4.64. The van der Waals surface area contributed by atoms with Crippen molar-refractivity contribution in [3.05, 3.63) is 12.2 Å². The number of primary amides is 1. The molecule has 0 saturated carbocycles. The molecule has 0 aliphatic heterocycles. The maximum Gasteiger partial charge on any atom is 0.244 e. The largest absolute Gasteiger partial charge is 0.366 e. The summed E-state index contributed by atoms with van der Waals surface area (Å²) < 4.78 is 0. The second-order valence-corrected chi connectivity index (χ2v) is 2.87. The van der Waals surface area contributed by atoms with Gasteiger partial charge in [0, 0.05) is 12.0 Å². The monoisotopic (exact) mass is 206 g/mol. The first-order chi connectivity index (χ1) is 6.04. The third-order valence-electron chi connectivity index (χ3n) is 1.43. The second kappa shape index (κ2) is 9.55. The molecule has 0 bridgehead atoms. The Bertz CT molecular complexity index is 158. The molecule has 0 fully saturated rings. The first-order valence-corrected chi connectivity index (χ1v) is 4.79. The minimum Gasteiger partial charge on any atom is -0.366 e. The van der Waals surface area contributed by atoms with Gasteiger partial charge in [0.15, 0.2) is 0 Å². The van der Waals surface area contributed by atoms with Crippen LogP contribution >= 0.6 is 11.6 Å². The standard InChI is InChI=1S/C8H16N2O.CH3Cl/c1-7(8(9)11)5-4-6-10(2)3;1-2/h1,4-6H2,2-3H3,(H2,9,11);1H3. The molecule has 0 heterocycles. The Balaban J connectivity index is 0. The average molecular weight is 207 g/mol. The Morgan fingerprint density at radius 1 is 1.46 bits per heavy atom. The van der Waals surface area contributed by atoms with Gasteiger partial charge in [0.05, 0.1) is 0 Å². The predicted octanol–water partition coefficient (Wildman–Crippen LogP) is 1.22. The molecule has 0 spiro atoms. The van der Waals surface area contributed by atoms with Gasteiger partial charge in [-0.05, 0) is 33.5 Å². The highest BCUT2D eigenvalue weighted by atomic mass is 35.5. The number of nitrogens with zero attached hydrogens (tertiary/aromatic N) is 1. The Hall–Kier alpha value is -0.540. The molecule has 0 aliphatic carbocycles. The van der Waals surface area contributed by atoms with E-state index in [9.17, 15) is 4.79 Å². The van der Waals surface area contributed by atoms with Crippen LogP contribution in [0.25, 0.3) is 0 Å². The van der Waals surface area contributed by atoms with Crippen LogP contribution in [0.15, 0.2) is 12.2 Å². The van der Waals surface area contributed by atoms with Crippen LogP contribution in [0.1, 0.15) is 12.8 Å². The van der Waals surface area contributed by atoms with E-state index >= 15 is 0 Å². The lowest BCUT2D eigenvalue weighted by atomic mass is 10.1. The number of hydrogen-bond donors (Lipinski definition) is 1. The fourth-order valence-electron chi connectivity index (χ4n) is 0.732. The smallest absolute Gasteiger partial charge is 0.244 e. The molecule has 78 valence electrons. The van der Waals surface area contributed by atoms with E-state index in [2.05, 4.69) is 23.1 Å². The van der Waals surface area contributed by atoms with Crippen LogP contribution in [-0.2, 0) is 4.79 Å². The van der Waals surface area contributed by atoms with Gasteiger partial charge < -0.3 is 10.6 Å². The highest BCUT2D eigenvalue weighted by Crippen LogP contribution is 2.00. The maximum atomic E-state index is 10.5. The molecule has 0 aromatic carbocycles. The lowest BCUT2D eigenvalue weighted by Gasteiger charge is -2.08. The van der Waals surface area contributed by atoms with E-state index in [1.807, 2.05) is 14.1 Å². The Morgan fingerprint density at radius 2 is 1.92 bits per heavy atom. The van der Waals surface area contributed by atoms with Crippen LogP contribution in [-0.4, -0.2) is 37.8 Å². The molecule has 3 nitrogen and oxygen atoms in total. The van der Waals surface area contributed by atoms with E-state index in [1.54, 1.807) is 0 Å². The molecule has 0 saturated heterocycles. The van der Waals surface area contributed by atoms with Gasteiger partial charge in [-0.15, -0.1) is 11.6 Å². The summed E-state index contributed by atoms with van der Waals surface area (Å²) in [6.45, 7) is 4.52. The number of nitrogens with two attached hydrogens (primary N) is 1. The highest BCUT2D eigenvalue weighted by molar-refractivity contribution is 6.15. The SMILES string of the molecule is C=C(CCCN(C)C)C(N)=O.CCl. The molecule has 0 radical (unpaired) electrons. The highest BCUT2D eigenvalue weighted by Gasteiger charge is 2.00. The zero-order chi connectivity index (χ0) is 10.9. The van der Waals surface area contributed by atoms with Crippen LogP contribution in [0.2, 0.25) is 0 Å². The second-order valence-electron chi connectivity index (χ2n) is 2.87. The van der Waals surface area contributed by atoms with E-state index in [0.717, 1.165) is 13.0 Å². The van der Waals surface area contributed by atoms with E-state index in [-0.39, 0.29) is 5.91 Å². The van der Waals surface area contributed by atoms with Crippen LogP contribution in [0, 0.1) is 0 Å². The number of carbonyl (C=O) groups excluding carboxylic acids is 1. The number of halogens is 1. The lowest BCUT2D eigenvalue weighted by molar-refractivity contribution is -0.114. The Labute approximate surface area is 85.5 Å². The molecule has 0 aliphatic rings. The molecule has 4 heteroatoms. The van der Waals surface area contributed by atoms with Crippen molar-refractivity contribution in [2.24, 2.45) is 5.73 Å². The van der Waals surface area contributed by atoms with Crippen molar-refractivity contribution in [1.82, 2.24) is 4.90 Å². The van der Waals surface area contributed by atoms with Gasteiger partial charge in [0.1, 0.15) is 0 Å². The molecule has 0 unspecified atom stereocenters. The summed E-state index contributed by atoms with van der Waals surface area (Å²) in [5.74, 6) is -0.385. The van der Waals surface area contributed by atoms with Gasteiger partial charge in [0.25, 0.3) is 0 Å². The van der Waals surface area contributed by atoms with Crippen molar-refractivity contribution in [2.75, 3.05) is 27.0 Å². The van der Waals surface area contributed by atoms with Gasteiger partial charge in [-0.3, -0.25) is 4.79 Å². The van der Waals surface area contributed by atoms with Crippen LogP contribution in [0.3, 0.4) is 0 Å². The minimum atomic E-state index is -0.385. The third-order valence-corrected chi connectivity index (χ3v) is 1.43. The topological polar surface area (TPSA) is 46.3 Å². The summed E-state index contributed by atoms with van der Waals surface area (Å²) in [7, 11) is 3.99. The van der Waals surface area contributed by atoms with Gasteiger partial charge in [0.2, 0.25) is 5.91 Å². The van der Waals surface area contributed by atoms with Crippen molar-refractivity contribution in [3.8, 4) is 0 Å². The van der Waals surface area contributed by atoms with Crippen molar-refractivity contribution < 1.29 is 4.79 Å². The molecule has 0 atom stereocenters. The van der Waals surface area contributed by atoms with Crippen molar-refractivity contribution >= 4 is 17.5 Å². The number of carbonyl (C=O) groups is 1. The van der Waals surface area contributed by atoms with Crippen molar-refractivity contribution in [3.63, 3.8) is 0 Å². The number of rotatable bonds is 5. The van der Waals surface area contributed by atoms with E-state index in [0.29, 0.717) is 12.0 Å². The van der Waals surface area contributed by atoms with Crippen LogP contribution < -0.4 is 5.73 Å². The normalized spacial score (nSPS) is 9.00. The van der Waals surface area contributed by atoms with E-state index in [1.165, 1.54) is 6.38 Å². The summed E-state index contributed by atoms with van der Waals surface area (Å²) in [4.78, 5) is 12.5. The van der Waals surface area contributed by atoms with Gasteiger partial charge in [-0.2, -0.15) is 0 Å².